The van der Waals surface area contributed by atoms with Crippen molar-refractivity contribution in [2.75, 3.05) is 37.0 Å². The molecule has 0 bridgehead atoms. The Morgan fingerprint density at radius 1 is 1.38 bits per heavy atom. The van der Waals surface area contributed by atoms with E-state index in [1.165, 1.54) is 25.6 Å². The zero-order chi connectivity index (χ0) is 15.2. The van der Waals surface area contributed by atoms with Crippen LogP contribution in [0.25, 0.3) is 0 Å². The number of carbonyl (C=O) groups is 1. The smallest absolute Gasteiger partial charge is 0.243 e. The lowest BCUT2D eigenvalue weighted by Gasteiger charge is -2.32. The van der Waals surface area contributed by atoms with E-state index in [-0.39, 0.29) is 12.5 Å². The van der Waals surface area contributed by atoms with Crippen LogP contribution in [0.15, 0.2) is 24.3 Å². The first-order chi connectivity index (χ1) is 10.1. The molecule has 1 atom stereocenters. The lowest BCUT2D eigenvalue weighted by Crippen LogP contribution is -2.39. The number of hydrogen-bond acceptors (Lipinski definition) is 4. The van der Waals surface area contributed by atoms with Gasteiger partial charge in [-0.3, -0.25) is 4.79 Å². The third kappa shape index (κ3) is 4.44. The van der Waals surface area contributed by atoms with Gasteiger partial charge in [-0.05, 0) is 43.0 Å². The van der Waals surface area contributed by atoms with Crippen LogP contribution in [0.4, 0.5) is 11.4 Å². The molecule has 116 valence electrons. The van der Waals surface area contributed by atoms with Gasteiger partial charge in [-0.1, -0.05) is 6.92 Å². The van der Waals surface area contributed by atoms with Gasteiger partial charge in [-0.25, -0.2) is 0 Å². The van der Waals surface area contributed by atoms with Crippen LogP contribution in [-0.2, 0) is 9.53 Å². The number of rotatable bonds is 5. The Labute approximate surface area is 126 Å². The number of ether oxygens (including phenoxy) is 1. The Hall–Kier alpha value is -1.59. The first-order valence-corrected chi connectivity index (χ1v) is 7.50. The van der Waals surface area contributed by atoms with E-state index in [9.17, 15) is 4.79 Å². The summed E-state index contributed by atoms with van der Waals surface area (Å²) in [6, 6.07) is 7.30. The lowest BCUT2D eigenvalue weighted by atomic mass is 9.99. The van der Waals surface area contributed by atoms with Crippen LogP contribution >= 0.6 is 0 Å². The van der Waals surface area contributed by atoms with Gasteiger partial charge in [0.15, 0.2) is 0 Å². The zero-order valence-electron chi connectivity index (χ0n) is 12.8. The third-order valence-corrected chi connectivity index (χ3v) is 3.97. The first kappa shape index (κ1) is 15.8. The molecule has 0 radical (unpaired) electrons. The van der Waals surface area contributed by atoms with Gasteiger partial charge in [-0.2, -0.15) is 0 Å². The molecular formula is C16H25N3O2. The molecule has 1 unspecified atom stereocenters. The highest BCUT2D eigenvalue weighted by Gasteiger charge is 2.16. The summed E-state index contributed by atoms with van der Waals surface area (Å²) in [6.07, 6.45) is 2.48. The van der Waals surface area contributed by atoms with E-state index in [1.54, 1.807) is 0 Å². The average molecular weight is 291 g/mol. The molecule has 1 saturated heterocycles. The van der Waals surface area contributed by atoms with Gasteiger partial charge in [-0.15, -0.1) is 0 Å². The minimum atomic E-state index is -0.641. The summed E-state index contributed by atoms with van der Waals surface area (Å²) in [6.45, 7) is 4.73. The Morgan fingerprint density at radius 3 is 2.57 bits per heavy atom. The van der Waals surface area contributed by atoms with Gasteiger partial charge < -0.3 is 20.7 Å². The number of benzene rings is 1. The minimum Gasteiger partial charge on any atom is -0.383 e. The van der Waals surface area contributed by atoms with Gasteiger partial charge in [0.25, 0.3) is 0 Å². The number of hydrogen-bond donors (Lipinski definition) is 2. The van der Waals surface area contributed by atoms with Crippen molar-refractivity contribution < 1.29 is 9.53 Å². The molecule has 1 aromatic rings. The predicted octanol–water partition coefficient (Wildman–Crippen LogP) is 1.84. The highest BCUT2D eigenvalue weighted by atomic mass is 16.5. The van der Waals surface area contributed by atoms with Crippen LogP contribution in [0.5, 0.6) is 0 Å². The summed E-state index contributed by atoms with van der Waals surface area (Å²) in [7, 11) is 1.53. The first-order valence-electron chi connectivity index (χ1n) is 7.50. The summed E-state index contributed by atoms with van der Waals surface area (Å²) >= 11 is 0. The number of piperidine rings is 1. The fraction of sp³-hybridized carbons (Fsp3) is 0.562. The van der Waals surface area contributed by atoms with Crippen molar-refractivity contribution in [2.24, 2.45) is 11.7 Å². The van der Waals surface area contributed by atoms with Crippen LogP contribution in [0, 0.1) is 5.92 Å². The van der Waals surface area contributed by atoms with Gasteiger partial charge in [0, 0.05) is 31.6 Å². The highest BCUT2D eigenvalue weighted by molar-refractivity contribution is 5.94. The van der Waals surface area contributed by atoms with Crippen LogP contribution in [0.2, 0.25) is 0 Å². The second-order valence-electron chi connectivity index (χ2n) is 5.77. The maximum absolute atomic E-state index is 11.8. The van der Waals surface area contributed by atoms with Crippen molar-refractivity contribution >= 4 is 17.3 Å². The molecule has 1 heterocycles. The molecule has 0 saturated carbocycles. The van der Waals surface area contributed by atoms with E-state index < -0.39 is 6.04 Å². The van der Waals surface area contributed by atoms with Crippen LogP contribution in [0.3, 0.4) is 0 Å². The molecule has 1 aliphatic rings. The van der Waals surface area contributed by atoms with Crippen molar-refractivity contribution in [2.45, 2.75) is 25.8 Å². The molecule has 21 heavy (non-hydrogen) atoms. The largest absolute Gasteiger partial charge is 0.383 e. The van der Waals surface area contributed by atoms with E-state index in [1.807, 2.05) is 24.3 Å². The van der Waals surface area contributed by atoms with Crippen molar-refractivity contribution in [3.63, 3.8) is 0 Å². The van der Waals surface area contributed by atoms with Crippen LogP contribution < -0.4 is 16.0 Å². The Balaban J connectivity index is 1.91. The summed E-state index contributed by atoms with van der Waals surface area (Å²) in [4.78, 5) is 14.2. The molecule has 1 amide bonds. The van der Waals surface area contributed by atoms with E-state index >= 15 is 0 Å². The second-order valence-corrected chi connectivity index (χ2v) is 5.77. The molecular weight excluding hydrogens is 266 g/mol. The fourth-order valence-electron chi connectivity index (χ4n) is 2.51. The number of nitrogens with one attached hydrogen (secondary N) is 1. The molecule has 5 nitrogen and oxygen atoms in total. The number of anilines is 2. The van der Waals surface area contributed by atoms with E-state index in [0.29, 0.717) is 0 Å². The number of methoxy groups -OCH3 is 1. The Bertz CT molecular complexity index is 453. The number of nitrogens with zero attached hydrogens (tertiary/aromatic N) is 1. The van der Waals surface area contributed by atoms with Crippen LogP contribution in [0.1, 0.15) is 19.8 Å². The van der Waals surface area contributed by atoms with E-state index in [0.717, 1.165) is 24.7 Å². The molecule has 1 aromatic carbocycles. The molecule has 1 aliphatic heterocycles. The van der Waals surface area contributed by atoms with Crippen molar-refractivity contribution in [1.82, 2.24) is 0 Å². The molecule has 2 rings (SSSR count). The Kier molecular flexibility index (Phi) is 5.59. The number of carbonyl (C=O) groups excluding carboxylic acids is 1. The molecule has 0 aromatic heterocycles. The van der Waals surface area contributed by atoms with E-state index in [4.69, 9.17) is 10.5 Å². The molecule has 3 N–H and O–H groups in total. The standard InChI is InChI=1S/C16H25N3O2/c1-12-7-9-19(10-8-12)14-5-3-13(4-6-14)18-16(20)15(17)11-21-2/h3-6,12,15H,7-11,17H2,1-2H3,(H,18,20). The normalized spacial score (nSPS) is 17.6. The highest BCUT2D eigenvalue weighted by Crippen LogP contribution is 2.24. The monoisotopic (exact) mass is 291 g/mol. The summed E-state index contributed by atoms with van der Waals surface area (Å²) in [5, 5.41) is 2.80. The summed E-state index contributed by atoms with van der Waals surface area (Å²) in [5.74, 6) is 0.596. The predicted molar refractivity (Wildman–Crippen MR) is 85.5 cm³/mol. The SMILES string of the molecule is COCC(N)C(=O)Nc1ccc(N2CCC(C)CC2)cc1. The van der Waals surface area contributed by atoms with Crippen molar-refractivity contribution in [3.05, 3.63) is 24.3 Å². The zero-order valence-corrected chi connectivity index (χ0v) is 12.8. The van der Waals surface area contributed by atoms with Gasteiger partial charge in [0.2, 0.25) is 5.91 Å². The fourth-order valence-corrected chi connectivity index (χ4v) is 2.51. The second kappa shape index (κ2) is 7.43. The molecule has 5 heteroatoms. The van der Waals surface area contributed by atoms with Crippen LogP contribution in [-0.4, -0.2) is 38.8 Å². The third-order valence-electron chi connectivity index (χ3n) is 3.97. The van der Waals surface area contributed by atoms with Gasteiger partial charge in [0.05, 0.1) is 6.61 Å². The van der Waals surface area contributed by atoms with E-state index in [2.05, 4.69) is 17.1 Å². The number of amides is 1. The molecule has 0 aliphatic carbocycles. The molecule has 0 spiro atoms. The summed E-state index contributed by atoms with van der Waals surface area (Å²) in [5.41, 5.74) is 7.66. The lowest BCUT2D eigenvalue weighted by molar-refractivity contribution is -0.118. The Morgan fingerprint density at radius 2 is 2.00 bits per heavy atom. The maximum Gasteiger partial charge on any atom is 0.243 e. The van der Waals surface area contributed by atoms with Gasteiger partial charge in [0.1, 0.15) is 6.04 Å². The number of nitrogens with two attached hydrogens (primary N) is 1. The summed E-state index contributed by atoms with van der Waals surface area (Å²) < 4.78 is 4.88. The quantitative estimate of drug-likeness (QED) is 0.868. The maximum atomic E-state index is 11.8. The topological polar surface area (TPSA) is 67.6 Å². The van der Waals surface area contributed by atoms with Crippen molar-refractivity contribution in [1.29, 1.82) is 0 Å². The minimum absolute atomic E-state index is 0.218. The molecule has 1 fully saturated rings. The average Bonchev–Trinajstić information content (AvgIpc) is 2.49. The van der Waals surface area contributed by atoms with Gasteiger partial charge >= 0.3 is 0 Å². The van der Waals surface area contributed by atoms with Crippen molar-refractivity contribution in [3.8, 4) is 0 Å².